The highest BCUT2D eigenvalue weighted by Crippen LogP contribution is 2.35. The SMILES string of the molecule is FC(F)(F)c1ccc(Br)c(N2CCOCC2)c1.Fc1cc(C(F)(F)F)ccc1Br. The predicted octanol–water partition coefficient (Wildman–Crippen LogP) is 6.91. The Hall–Kier alpha value is -1.33. The molecule has 1 fully saturated rings. The third-order valence-electron chi connectivity index (χ3n) is 3.87. The third-order valence-corrected chi connectivity index (χ3v) is 5.19. The first-order valence-corrected chi connectivity index (χ1v) is 9.70. The van der Waals surface area contributed by atoms with E-state index in [1.54, 1.807) is 0 Å². The summed E-state index contributed by atoms with van der Waals surface area (Å²) in [6, 6.07) is 5.98. The number of morpholine rings is 1. The van der Waals surface area contributed by atoms with Crippen molar-refractivity contribution >= 4 is 37.5 Å². The molecule has 0 aromatic heterocycles. The van der Waals surface area contributed by atoms with Gasteiger partial charge in [0, 0.05) is 17.6 Å². The zero-order valence-corrected chi connectivity index (χ0v) is 17.7. The molecule has 160 valence electrons. The van der Waals surface area contributed by atoms with E-state index in [1.165, 1.54) is 12.1 Å². The summed E-state index contributed by atoms with van der Waals surface area (Å²) in [5.74, 6) is -0.912. The van der Waals surface area contributed by atoms with E-state index in [2.05, 4.69) is 31.9 Å². The number of ether oxygens (including phenoxy) is 1. The van der Waals surface area contributed by atoms with E-state index in [1.807, 2.05) is 4.90 Å². The van der Waals surface area contributed by atoms with Crippen molar-refractivity contribution in [3.63, 3.8) is 0 Å². The van der Waals surface area contributed by atoms with E-state index in [0.717, 1.165) is 18.2 Å². The fraction of sp³-hybridized carbons (Fsp3) is 0.333. The topological polar surface area (TPSA) is 12.5 Å². The van der Waals surface area contributed by atoms with E-state index in [-0.39, 0.29) is 4.47 Å². The average molecular weight is 553 g/mol. The van der Waals surface area contributed by atoms with Gasteiger partial charge in [0.25, 0.3) is 0 Å². The Morgan fingerprint density at radius 2 is 1.24 bits per heavy atom. The van der Waals surface area contributed by atoms with Crippen molar-refractivity contribution in [1.82, 2.24) is 0 Å². The average Bonchev–Trinajstić information content (AvgIpc) is 2.64. The Balaban J connectivity index is 0.000000221. The number of hydrogen-bond donors (Lipinski definition) is 0. The zero-order chi connectivity index (χ0) is 21.8. The summed E-state index contributed by atoms with van der Waals surface area (Å²) in [4.78, 5) is 1.89. The van der Waals surface area contributed by atoms with Gasteiger partial charge in [0.05, 0.1) is 34.5 Å². The maximum Gasteiger partial charge on any atom is 0.416 e. The molecule has 3 rings (SSSR count). The van der Waals surface area contributed by atoms with E-state index in [0.29, 0.717) is 42.5 Å². The summed E-state index contributed by atoms with van der Waals surface area (Å²) in [6.45, 7) is 2.31. The molecule has 1 saturated heterocycles. The molecule has 0 N–H and O–H groups in total. The summed E-state index contributed by atoms with van der Waals surface area (Å²) < 4.78 is 92.0. The van der Waals surface area contributed by atoms with Crippen LogP contribution in [0.2, 0.25) is 0 Å². The Bertz CT molecular complexity index is 834. The molecule has 1 heterocycles. The number of halogens is 9. The number of nitrogens with zero attached hydrogens (tertiary/aromatic N) is 1. The van der Waals surface area contributed by atoms with Gasteiger partial charge in [0.15, 0.2) is 0 Å². The first-order valence-electron chi connectivity index (χ1n) is 8.11. The van der Waals surface area contributed by atoms with Crippen LogP contribution in [-0.4, -0.2) is 26.3 Å². The molecule has 0 atom stereocenters. The van der Waals surface area contributed by atoms with Crippen LogP contribution in [0.4, 0.5) is 36.4 Å². The van der Waals surface area contributed by atoms with Crippen molar-refractivity contribution in [3.8, 4) is 0 Å². The summed E-state index contributed by atoms with van der Waals surface area (Å²) in [7, 11) is 0. The molecule has 2 aromatic rings. The molecular formula is C18H14Br2F7NO. The van der Waals surface area contributed by atoms with Gasteiger partial charge in [0.1, 0.15) is 5.82 Å². The molecule has 2 aromatic carbocycles. The van der Waals surface area contributed by atoms with Gasteiger partial charge in [-0.2, -0.15) is 26.3 Å². The van der Waals surface area contributed by atoms with Crippen LogP contribution in [0.15, 0.2) is 45.3 Å². The van der Waals surface area contributed by atoms with Gasteiger partial charge >= 0.3 is 12.4 Å². The Morgan fingerprint density at radius 1 is 0.759 bits per heavy atom. The second kappa shape index (κ2) is 9.65. The first kappa shape index (κ1) is 23.9. The highest BCUT2D eigenvalue weighted by molar-refractivity contribution is 9.10. The van der Waals surface area contributed by atoms with Crippen LogP contribution < -0.4 is 4.90 Å². The Morgan fingerprint density at radius 3 is 1.72 bits per heavy atom. The summed E-state index contributed by atoms with van der Waals surface area (Å²) in [6.07, 6.45) is -8.79. The minimum atomic E-state index is -4.48. The largest absolute Gasteiger partial charge is 0.416 e. The Labute approximate surface area is 178 Å². The van der Waals surface area contributed by atoms with Crippen LogP contribution in [0, 0.1) is 5.82 Å². The standard InChI is InChI=1S/C11H11BrF3NO.C7H3BrF4/c12-9-2-1-8(11(13,14)15)7-10(9)16-3-5-17-6-4-16;8-5-2-1-4(3-6(5)9)7(10,11)12/h1-2,7H,3-6H2;1-3H. The molecule has 1 aliphatic heterocycles. The molecule has 29 heavy (non-hydrogen) atoms. The lowest BCUT2D eigenvalue weighted by atomic mass is 10.1. The summed E-state index contributed by atoms with van der Waals surface area (Å²) in [5, 5.41) is 0. The molecular weight excluding hydrogens is 539 g/mol. The van der Waals surface area contributed by atoms with Crippen molar-refractivity contribution in [2.75, 3.05) is 31.2 Å². The van der Waals surface area contributed by atoms with Crippen molar-refractivity contribution in [1.29, 1.82) is 0 Å². The van der Waals surface area contributed by atoms with Gasteiger partial charge in [-0.05, 0) is 68.3 Å². The van der Waals surface area contributed by atoms with E-state index >= 15 is 0 Å². The highest BCUT2D eigenvalue weighted by Gasteiger charge is 2.32. The molecule has 0 unspecified atom stereocenters. The molecule has 0 radical (unpaired) electrons. The van der Waals surface area contributed by atoms with E-state index < -0.39 is 29.3 Å². The van der Waals surface area contributed by atoms with Gasteiger partial charge < -0.3 is 9.64 Å². The van der Waals surface area contributed by atoms with Crippen LogP contribution in [0.5, 0.6) is 0 Å². The monoisotopic (exact) mass is 551 g/mol. The highest BCUT2D eigenvalue weighted by atomic mass is 79.9. The van der Waals surface area contributed by atoms with Crippen LogP contribution in [0.1, 0.15) is 11.1 Å². The van der Waals surface area contributed by atoms with Crippen molar-refractivity contribution in [3.05, 3.63) is 62.3 Å². The van der Waals surface area contributed by atoms with Crippen molar-refractivity contribution < 1.29 is 35.5 Å². The fourth-order valence-electron chi connectivity index (χ4n) is 2.41. The summed E-state index contributed by atoms with van der Waals surface area (Å²) >= 11 is 6.04. The molecule has 2 nitrogen and oxygen atoms in total. The Kier molecular flexibility index (Phi) is 7.97. The maximum atomic E-state index is 12.6. The smallest absolute Gasteiger partial charge is 0.378 e. The number of rotatable bonds is 1. The number of hydrogen-bond acceptors (Lipinski definition) is 2. The minimum Gasteiger partial charge on any atom is -0.378 e. The van der Waals surface area contributed by atoms with Crippen molar-refractivity contribution in [2.24, 2.45) is 0 Å². The van der Waals surface area contributed by atoms with Gasteiger partial charge in [-0.3, -0.25) is 0 Å². The molecule has 0 saturated carbocycles. The number of anilines is 1. The van der Waals surface area contributed by atoms with E-state index in [4.69, 9.17) is 4.74 Å². The van der Waals surface area contributed by atoms with Gasteiger partial charge in [-0.25, -0.2) is 4.39 Å². The van der Waals surface area contributed by atoms with Crippen molar-refractivity contribution in [2.45, 2.75) is 12.4 Å². The molecule has 0 bridgehead atoms. The lowest BCUT2D eigenvalue weighted by Gasteiger charge is -2.30. The second-order valence-electron chi connectivity index (χ2n) is 5.89. The summed E-state index contributed by atoms with van der Waals surface area (Å²) in [5.41, 5.74) is -1.03. The number of benzene rings is 2. The lowest BCUT2D eigenvalue weighted by molar-refractivity contribution is -0.138. The quantitative estimate of drug-likeness (QED) is 0.356. The first-order chi connectivity index (χ1) is 13.4. The van der Waals surface area contributed by atoms with Gasteiger partial charge in [-0.1, -0.05) is 0 Å². The second-order valence-corrected chi connectivity index (χ2v) is 7.60. The molecule has 1 aliphatic rings. The third kappa shape index (κ3) is 6.85. The van der Waals surface area contributed by atoms with Crippen LogP contribution in [-0.2, 0) is 17.1 Å². The lowest BCUT2D eigenvalue weighted by Crippen LogP contribution is -2.36. The predicted molar refractivity (Wildman–Crippen MR) is 101 cm³/mol. The molecule has 11 heteroatoms. The minimum absolute atomic E-state index is 0.0236. The van der Waals surface area contributed by atoms with Crippen LogP contribution >= 0.6 is 31.9 Å². The van der Waals surface area contributed by atoms with E-state index in [9.17, 15) is 30.7 Å². The fourth-order valence-corrected chi connectivity index (χ4v) is 3.15. The number of alkyl halides is 6. The van der Waals surface area contributed by atoms with Gasteiger partial charge in [0.2, 0.25) is 0 Å². The van der Waals surface area contributed by atoms with Crippen LogP contribution in [0.3, 0.4) is 0 Å². The molecule has 0 amide bonds. The molecule has 0 spiro atoms. The normalized spacial score (nSPS) is 15.0. The van der Waals surface area contributed by atoms with Gasteiger partial charge in [-0.15, -0.1) is 0 Å². The van der Waals surface area contributed by atoms with Crippen LogP contribution in [0.25, 0.3) is 0 Å². The molecule has 0 aliphatic carbocycles. The zero-order valence-electron chi connectivity index (χ0n) is 14.5. The maximum absolute atomic E-state index is 12.6.